The van der Waals surface area contributed by atoms with Crippen LogP contribution in [0, 0.1) is 0 Å². The summed E-state index contributed by atoms with van der Waals surface area (Å²) in [7, 11) is 0. The van der Waals surface area contributed by atoms with E-state index in [-0.39, 0.29) is 12.5 Å². The van der Waals surface area contributed by atoms with Crippen molar-refractivity contribution in [2.45, 2.75) is 90.4 Å². The lowest BCUT2D eigenvalue weighted by atomic mass is 10.0. The molecule has 1 amide bonds. The van der Waals surface area contributed by atoms with Gasteiger partial charge in [0, 0.05) is 6.42 Å². The molecule has 0 heterocycles. The first kappa shape index (κ1) is 19.1. The molecule has 0 aromatic heterocycles. The molecular formula is C17H33NO2. The van der Waals surface area contributed by atoms with E-state index in [2.05, 4.69) is 12.2 Å². The lowest BCUT2D eigenvalue weighted by Crippen LogP contribution is -2.24. The lowest BCUT2D eigenvalue weighted by molar-refractivity contribution is -0.122. The summed E-state index contributed by atoms with van der Waals surface area (Å²) >= 11 is 0. The number of rotatable bonds is 15. The highest BCUT2D eigenvalue weighted by molar-refractivity contribution is 5.78. The first-order chi connectivity index (χ1) is 9.81. The summed E-state index contributed by atoms with van der Waals surface area (Å²) in [6.07, 6.45) is 16.9. The van der Waals surface area contributed by atoms with Crippen LogP contribution < -0.4 is 5.32 Å². The van der Waals surface area contributed by atoms with Crippen LogP contribution in [0.3, 0.4) is 0 Å². The van der Waals surface area contributed by atoms with Gasteiger partial charge < -0.3 is 10.1 Å². The Hall–Kier alpha value is -0.860. The summed E-state index contributed by atoms with van der Waals surface area (Å²) < 4.78 is 0. The van der Waals surface area contributed by atoms with Gasteiger partial charge in [0.15, 0.2) is 0 Å². The highest BCUT2D eigenvalue weighted by Gasteiger charge is 1.99. The van der Waals surface area contributed by atoms with Gasteiger partial charge in [-0.25, -0.2) is 0 Å². The molecule has 0 aromatic rings. The third-order valence-corrected chi connectivity index (χ3v) is 3.64. The molecule has 0 aliphatic heterocycles. The van der Waals surface area contributed by atoms with E-state index in [9.17, 15) is 9.59 Å². The fourth-order valence-electron chi connectivity index (χ4n) is 2.37. The zero-order valence-electron chi connectivity index (χ0n) is 13.3. The van der Waals surface area contributed by atoms with Crippen molar-refractivity contribution in [1.29, 1.82) is 0 Å². The predicted molar refractivity (Wildman–Crippen MR) is 84.8 cm³/mol. The van der Waals surface area contributed by atoms with Crippen molar-refractivity contribution in [3.63, 3.8) is 0 Å². The van der Waals surface area contributed by atoms with Crippen LogP contribution in [0.5, 0.6) is 0 Å². The third-order valence-electron chi connectivity index (χ3n) is 3.64. The predicted octanol–water partition coefficient (Wildman–Crippen LogP) is 4.39. The van der Waals surface area contributed by atoms with Crippen LogP contribution in [-0.4, -0.2) is 18.7 Å². The number of amides is 1. The van der Waals surface area contributed by atoms with Gasteiger partial charge in [-0.2, -0.15) is 0 Å². The molecule has 0 atom stereocenters. The molecule has 0 unspecified atom stereocenters. The number of hydrogen-bond donors (Lipinski definition) is 1. The normalized spacial score (nSPS) is 10.4. The average Bonchev–Trinajstić information content (AvgIpc) is 2.46. The van der Waals surface area contributed by atoms with Crippen molar-refractivity contribution in [2.75, 3.05) is 6.54 Å². The fourth-order valence-corrected chi connectivity index (χ4v) is 2.37. The van der Waals surface area contributed by atoms with Gasteiger partial charge >= 0.3 is 0 Å². The topological polar surface area (TPSA) is 46.2 Å². The maximum Gasteiger partial charge on any atom is 0.220 e. The molecule has 3 heteroatoms. The van der Waals surface area contributed by atoms with Gasteiger partial charge in [-0.15, -0.1) is 0 Å². The maximum atomic E-state index is 11.2. The van der Waals surface area contributed by atoms with E-state index in [0.717, 1.165) is 19.1 Å². The summed E-state index contributed by atoms with van der Waals surface area (Å²) in [6, 6.07) is 0. The van der Waals surface area contributed by atoms with Gasteiger partial charge in [0.2, 0.25) is 5.91 Å². The van der Waals surface area contributed by atoms with E-state index in [1.165, 1.54) is 64.2 Å². The molecular weight excluding hydrogens is 250 g/mol. The van der Waals surface area contributed by atoms with Gasteiger partial charge in [-0.3, -0.25) is 4.79 Å². The highest BCUT2D eigenvalue weighted by Crippen LogP contribution is 2.12. The molecule has 0 saturated heterocycles. The van der Waals surface area contributed by atoms with E-state index in [1.807, 2.05) is 0 Å². The zero-order valence-corrected chi connectivity index (χ0v) is 13.3. The van der Waals surface area contributed by atoms with E-state index >= 15 is 0 Å². The first-order valence-corrected chi connectivity index (χ1v) is 8.51. The smallest absolute Gasteiger partial charge is 0.220 e. The van der Waals surface area contributed by atoms with Gasteiger partial charge in [-0.1, -0.05) is 77.6 Å². The molecule has 0 radical (unpaired) electrons. The number of carbonyl (C=O) groups excluding carboxylic acids is 2. The number of carbonyl (C=O) groups is 2. The van der Waals surface area contributed by atoms with Crippen LogP contribution in [0.25, 0.3) is 0 Å². The summed E-state index contributed by atoms with van der Waals surface area (Å²) in [4.78, 5) is 21.3. The zero-order chi connectivity index (χ0) is 14.9. The Morgan fingerprint density at radius 1 is 0.800 bits per heavy atom. The van der Waals surface area contributed by atoms with Gasteiger partial charge in [0.25, 0.3) is 0 Å². The minimum atomic E-state index is 0.00387. The molecule has 0 bridgehead atoms. The molecule has 0 saturated carbocycles. The number of hydrogen-bond acceptors (Lipinski definition) is 2. The van der Waals surface area contributed by atoms with Crippen molar-refractivity contribution in [3.05, 3.63) is 0 Å². The highest BCUT2D eigenvalue weighted by atomic mass is 16.2. The van der Waals surface area contributed by atoms with Gasteiger partial charge in [-0.05, 0) is 6.42 Å². The molecule has 0 aliphatic rings. The average molecular weight is 283 g/mol. The Morgan fingerprint density at radius 2 is 1.25 bits per heavy atom. The van der Waals surface area contributed by atoms with Crippen LogP contribution >= 0.6 is 0 Å². The van der Waals surface area contributed by atoms with Gasteiger partial charge in [0.05, 0.1) is 6.54 Å². The molecule has 0 spiro atoms. The van der Waals surface area contributed by atoms with E-state index < -0.39 is 0 Å². The number of nitrogens with one attached hydrogen (secondary N) is 1. The second kappa shape index (κ2) is 16.2. The quantitative estimate of drug-likeness (QED) is 0.358. The number of aldehydes is 1. The molecule has 3 nitrogen and oxygen atoms in total. The molecule has 0 fully saturated rings. The van der Waals surface area contributed by atoms with Crippen molar-refractivity contribution in [1.82, 2.24) is 5.32 Å². The maximum absolute atomic E-state index is 11.2. The Balaban J connectivity index is 3.06. The largest absolute Gasteiger partial charge is 0.349 e. The van der Waals surface area contributed by atoms with Crippen LogP contribution in [0.4, 0.5) is 0 Å². The standard InChI is InChI=1S/C17H33NO2/c1-2-3-4-5-6-7-8-9-10-11-12-13-14-17(20)18-15-16-19/h16H,2-15H2,1H3,(H,18,20). The van der Waals surface area contributed by atoms with Crippen LogP contribution in [0.1, 0.15) is 90.4 Å². The Bertz CT molecular complexity index is 229. The minimum absolute atomic E-state index is 0.00387. The van der Waals surface area contributed by atoms with E-state index in [1.54, 1.807) is 0 Å². The SMILES string of the molecule is CCCCCCCCCCCCCCC(=O)NCC=O. The fraction of sp³-hybridized carbons (Fsp3) is 0.882. The summed E-state index contributed by atoms with van der Waals surface area (Å²) in [6.45, 7) is 2.41. The Kier molecular flexibility index (Phi) is 15.5. The lowest BCUT2D eigenvalue weighted by Gasteiger charge is -2.03. The molecule has 0 aromatic carbocycles. The number of unbranched alkanes of at least 4 members (excludes halogenated alkanes) is 11. The summed E-state index contributed by atoms with van der Waals surface area (Å²) in [5, 5.41) is 2.57. The van der Waals surface area contributed by atoms with Crippen molar-refractivity contribution < 1.29 is 9.59 Å². The minimum Gasteiger partial charge on any atom is -0.349 e. The molecule has 1 N–H and O–H groups in total. The van der Waals surface area contributed by atoms with Crippen molar-refractivity contribution in [3.8, 4) is 0 Å². The third kappa shape index (κ3) is 15.2. The second-order valence-electron chi connectivity index (χ2n) is 5.61. The summed E-state index contributed by atoms with van der Waals surface area (Å²) in [5.74, 6) is 0.00387. The van der Waals surface area contributed by atoms with E-state index in [4.69, 9.17) is 0 Å². The van der Waals surface area contributed by atoms with Crippen molar-refractivity contribution >= 4 is 12.2 Å². The van der Waals surface area contributed by atoms with Gasteiger partial charge in [0.1, 0.15) is 6.29 Å². The first-order valence-electron chi connectivity index (χ1n) is 8.51. The van der Waals surface area contributed by atoms with Crippen molar-refractivity contribution in [2.24, 2.45) is 0 Å². The van der Waals surface area contributed by atoms with E-state index in [0.29, 0.717) is 6.42 Å². The van der Waals surface area contributed by atoms with Crippen LogP contribution in [0.15, 0.2) is 0 Å². The van der Waals surface area contributed by atoms with Crippen LogP contribution in [-0.2, 0) is 9.59 Å². The molecule has 20 heavy (non-hydrogen) atoms. The Labute approximate surface area is 124 Å². The van der Waals surface area contributed by atoms with Crippen LogP contribution in [0.2, 0.25) is 0 Å². The monoisotopic (exact) mass is 283 g/mol. The molecule has 0 aliphatic carbocycles. The Morgan fingerprint density at radius 3 is 1.70 bits per heavy atom. The second-order valence-corrected chi connectivity index (χ2v) is 5.61. The summed E-state index contributed by atoms with van der Waals surface area (Å²) in [5.41, 5.74) is 0. The molecule has 118 valence electrons. The molecule has 0 rings (SSSR count).